The molecule has 1 unspecified atom stereocenters. The van der Waals surface area contributed by atoms with Crippen molar-refractivity contribution in [3.63, 3.8) is 0 Å². The molecule has 0 spiro atoms. The fraction of sp³-hybridized carbons (Fsp3) is 0.333. The molecule has 2 N–H and O–H groups in total. The summed E-state index contributed by atoms with van der Waals surface area (Å²) in [5.74, 6) is -0.660. The summed E-state index contributed by atoms with van der Waals surface area (Å²) < 4.78 is 0. The van der Waals surface area contributed by atoms with Gasteiger partial charge in [-0.1, -0.05) is 30.0 Å². The van der Waals surface area contributed by atoms with Crippen molar-refractivity contribution in [3.05, 3.63) is 35.4 Å². The lowest BCUT2D eigenvalue weighted by atomic mass is 10.1. The standard InChI is InChI=1S/C15H15N3O3S/c19-13(20)7-12-14(21)17-15(22-12)18-16-8-9-2-1-3-11(6-9)10-4-5-10/h1-3,6,8,10,12H,4-5,7H2,(H,19,20)(H,17,18,21). The molecule has 1 aliphatic heterocycles. The van der Waals surface area contributed by atoms with Crippen molar-refractivity contribution in [2.24, 2.45) is 10.2 Å². The minimum absolute atomic E-state index is 0.220. The Balaban J connectivity index is 1.62. The lowest BCUT2D eigenvalue weighted by Crippen LogP contribution is -2.26. The molecule has 1 saturated heterocycles. The second-order valence-electron chi connectivity index (χ2n) is 5.29. The minimum Gasteiger partial charge on any atom is -0.481 e. The molecule has 1 aromatic carbocycles. The van der Waals surface area contributed by atoms with Gasteiger partial charge in [-0.05, 0) is 36.0 Å². The average Bonchev–Trinajstić information content (AvgIpc) is 3.26. The van der Waals surface area contributed by atoms with Gasteiger partial charge in [0.15, 0.2) is 5.17 Å². The normalized spacial score (nSPS) is 23.2. The Morgan fingerprint density at radius 3 is 3.00 bits per heavy atom. The van der Waals surface area contributed by atoms with Crippen LogP contribution in [0.5, 0.6) is 0 Å². The van der Waals surface area contributed by atoms with E-state index in [9.17, 15) is 9.59 Å². The first-order valence-corrected chi connectivity index (χ1v) is 7.90. The second kappa shape index (κ2) is 6.31. The van der Waals surface area contributed by atoms with E-state index in [1.807, 2.05) is 12.1 Å². The van der Waals surface area contributed by atoms with E-state index < -0.39 is 11.2 Å². The molecule has 1 amide bonds. The van der Waals surface area contributed by atoms with Crippen LogP contribution in [0.3, 0.4) is 0 Å². The number of amidine groups is 1. The van der Waals surface area contributed by atoms with Crippen LogP contribution >= 0.6 is 11.8 Å². The number of nitrogens with one attached hydrogen (secondary N) is 1. The van der Waals surface area contributed by atoms with Gasteiger partial charge in [-0.15, -0.1) is 5.10 Å². The molecule has 6 nitrogen and oxygen atoms in total. The van der Waals surface area contributed by atoms with Crippen LogP contribution < -0.4 is 5.32 Å². The molecule has 1 saturated carbocycles. The first kappa shape index (κ1) is 14.8. The topological polar surface area (TPSA) is 91.1 Å². The Morgan fingerprint density at radius 2 is 2.27 bits per heavy atom. The predicted octanol–water partition coefficient (Wildman–Crippen LogP) is 1.96. The van der Waals surface area contributed by atoms with E-state index in [1.165, 1.54) is 18.4 Å². The molecule has 3 rings (SSSR count). The molecule has 1 atom stereocenters. The third-order valence-electron chi connectivity index (χ3n) is 3.45. The average molecular weight is 317 g/mol. The Labute approximate surface area is 131 Å². The lowest BCUT2D eigenvalue weighted by molar-refractivity contribution is -0.138. The highest BCUT2D eigenvalue weighted by Crippen LogP contribution is 2.39. The minimum atomic E-state index is -1.01. The van der Waals surface area contributed by atoms with Crippen molar-refractivity contribution in [1.29, 1.82) is 0 Å². The maximum Gasteiger partial charge on any atom is 0.305 e. The zero-order chi connectivity index (χ0) is 15.5. The zero-order valence-corrected chi connectivity index (χ0v) is 12.5. The molecular weight excluding hydrogens is 302 g/mol. The first-order chi connectivity index (χ1) is 10.6. The third kappa shape index (κ3) is 3.73. The van der Waals surface area contributed by atoms with Gasteiger partial charge < -0.3 is 10.4 Å². The number of thioether (sulfide) groups is 1. The molecule has 22 heavy (non-hydrogen) atoms. The van der Waals surface area contributed by atoms with Crippen molar-refractivity contribution in [1.82, 2.24) is 5.32 Å². The molecule has 0 radical (unpaired) electrons. The van der Waals surface area contributed by atoms with E-state index in [4.69, 9.17) is 5.11 Å². The number of carboxylic acid groups (broad SMARTS) is 1. The summed E-state index contributed by atoms with van der Waals surface area (Å²) in [6.45, 7) is 0. The van der Waals surface area contributed by atoms with Gasteiger partial charge in [0.25, 0.3) is 0 Å². The molecule has 114 valence electrons. The highest BCUT2D eigenvalue weighted by Gasteiger charge is 2.32. The van der Waals surface area contributed by atoms with Gasteiger partial charge >= 0.3 is 5.97 Å². The van der Waals surface area contributed by atoms with E-state index in [-0.39, 0.29) is 12.3 Å². The monoisotopic (exact) mass is 317 g/mol. The van der Waals surface area contributed by atoms with Crippen LogP contribution in [0, 0.1) is 0 Å². The highest BCUT2D eigenvalue weighted by molar-refractivity contribution is 8.15. The fourth-order valence-corrected chi connectivity index (χ4v) is 3.12. The summed E-state index contributed by atoms with van der Waals surface area (Å²) in [4.78, 5) is 22.2. The van der Waals surface area contributed by atoms with Crippen LogP contribution in [0.1, 0.15) is 36.3 Å². The first-order valence-electron chi connectivity index (χ1n) is 7.02. The molecule has 1 aliphatic carbocycles. The maximum atomic E-state index is 11.6. The number of aliphatic carboxylic acids is 1. The summed E-state index contributed by atoms with van der Waals surface area (Å²) in [5.41, 5.74) is 2.28. The Kier molecular flexibility index (Phi) is 4.24. The number of benzene rings is 1. The van der Waals surface area contributed by atoms with Crippen LogP contribution in [0.15, 0.2) is 34.5 Å². The Bertz CT molecular complexity index is 668. The lowest BCUT2D eigenvalue weighted by Gasteiger charge is -1.98. The molecule has 0 aromatic heterocycles. The molecule has 1 heterocycles. The number of amides is 1. The van der Waals surface area contributed by atoms with Crippen molar-refractivity contribution >= 4 is 35.0 Å². The number of hydrogen-bond donors (Lipinski definition) is 2. The fourth-order valence-electron chi connectivity index (χ4n) is 2.20. The number of rotatable bonds is 5. The Hall–Kier alpha value is -2.15. The summed E-state index contributed by atoms with van der Waals surface area (Å²) in [6.07, 6.45) is 3.91. The number of nitrogens with zero attached hydrogens (tertiary/aromatic N) is 2. The predicted molar refractivity (Wildman–Crippen MR) is 85.2 cm³/mol. The third-order valence-corrected chi connectivity index (χ3v) is 4.52. The van der Waals surface area contributed by atoms with Gasteiger partial charge in [0.05, 0.1) is 12.6 Å². The number of carbonyl (C=O) groups is 2. The largest absolute Gasteiger partial charge is 0.481 e. The van der Waals surface area contributed by atoms with Crippen LogP contribution in [0.25, 0.3) is 0 Å². The quantitative estimate of drug-likeness (QED) is 0.641. The molecule has 0 bridgehead atoms. The van der Waals surface area contributed by atoms with Gasteiger partial charge in [-0.3, -0.25) is 9.59 Å². The van der Waals surface area contributed by atoms with Gasteiger partial charge in [0.1, 0.15) is 5.25 Å². The molecular formula is C15H15N3O3S. The summed E-state index contributed by atoms with van der Waals surface area (Å²) >= 11 is 1.10. The van der Waals surface area contributed by atoms with Crippen LogP contribution in [0.2, 0.25) is 0 Å². The summed E-state index contributed by atoms with van der Waals surface area (Å²) in [5, 5.41) is 18.9. The van der Waals surface area contributed by atoms with E-state index in [0.717, 1.165) is 17.3 Å². The SMILES string of the molecule is O=C(O)CC1SC(=NN=Cc2cccc(C3CC3)c2)NC1=O. The maximum absolute atomic E-state index is 11.6. The highest BCUT2D eigenvalue weighted by atomic mass is 32.2. The zero-order valence-electron chi connectivity index (χ0n) is 11.7. The second-order valence-corrected chi connectivity index (χ2v) is 6.48. The van der Waals surface area contributed by atoms with Crippen molar-refractivity contribution in [2.45, 2.75) is 30.4 Å². The smallest absolute Gasteiger partial charge is 0.305 e. The van der Waals surface area contributed by atoms with Gasteiger partial charge in [0.2, 0.25) is 5.91 Å². The van der Waals surface area contributed by atoms with E-state index in [0.29, 0.717) is 11.1 Å². The molecule has 1 aromatic rings. The van der Waals surface area contributed by atoms with Gasteiger partial charge in [-0.2, -0.15) is 5.10 Å². The molecule has 7 heteroatoms. The van der Waals surface area contributed by atoms with Crippen LogP contribution in [-0.4, -0.2) is 33.6 Å². The molecule has 2 aliphatic rings. The summed E-state index contributed by atoms with van der Waals surface area (Å²) in [7, 11) is 0. The number of carbonyl (C=O) groups excluding carboxylic acids is 1. The number of hydrogen-bond acceptors (Lipinski definition) is 5. The number of carboxylic acids is 1. The van der Waals surface area contributed by atoms with Crippen LogP contribution in [-0.2, 0) is 9.59 Å². The van der Waals surface area contributed by atoms with Gasteiger partial charge in [0, 0.05) is 0 Å². The van der Waals surface area contributed by atoms with Gasteiger partial charge in [-0.25, -0.2) is 0 Å². The van der Waals surface area contributed by atoms with Crippen LogP contribution in [0.4, 0.5) is 0 Å². The van der Waals surface area contributed by atoms with E-state index >= 15 is 0 Å². The van der Waals surface area contributed by atoms with Crippen molar-refractivity contribution < 1.29 is 14.7 Å². The molecule has 2 fully saturated rings. The van der Waals surface area contributed by atoms with E-state index in [2.05, 4.69) is 27.7 Å². The summed E-state index contributed by atoms with van der Waals surface area (Å²) in [6, 6.07) is 8.15. The van der Waals surface area contributed by atoms with E-state index in [1.54, 1.807) is 6.21 Å². The van der Waals surface area contributed by atoms with Crippen molar-refractivity contribution in [2.75, 3.05) is 0 Å². The van der Waals surface area contributed by atoms with Crippen molar-refractivity contribution in [3.8, 4) is 0 Å². The Morgan fingerprint density at radius 1 is 1.45 bits per heavy atom.